The van der Waals surface area contributed by atoms with Crippen LogP contribution in [0.5, 0.6) is 5.75 Å². The number of methoxy groups -OCH3 is 1. The van der Waals surface area contributed by atoms with E-state index in [0.29, 0.717) is 0 Å². The minimum absolute atomic E-state index is 0.507. The molecule has 2 N–H and O–H groups in total. The molecule has 2 aromatic carbocycles. The minimum Gasteiger partial charge on any atom is -0.496 e. The highest BCUT2D eigenvalue weighted by Gasteiger charge is 2.31. The maximum atomic E-state index is 6.82. The predicted octanol–water partition coefficient (Wildman–Crippen LogP) is 4.01. The number of aryl methyl sites for hydroxylation is 1. The maximum absolute atomic E-state index is 6.82. The van der Waals surface area contributed by atoms with Crippen molar-refractivity contribution in [2.45, 2.75) is 32.2 Å². The van der Waals surface area contributed by atoms with Crippen molar-refractivity contribution in [3.8, 4) is 5.75 Å². The smallest absolute Gasteiger partial charge is 0.124 e. The molecule has 1 unspecified atom stereocenters. The second-order valence-corrected chi connectivity index (χ2v) is 5.29. The molecule has 0 heterocycles. The van der Waals surface area contributed by atoms with Crippen molar-refractivity contribution in [1.82, 2.24) is 0 Å². The fourth-order valence-electron chi connectivity index (χ4n) is 2.73. The van der Waals surface area contributed by atoms with Gasteiger partial charge in [0, 0.05) is 5.56 Å². The summed E-state index contributed by atoms with van der Waals surface area (Å²) in [6, 6.07) is 16.5. The third-order valence-electron chi connectivity index (χ3n) is 3.77. The highest BCUT2D eigenvalue weighted by molar-refractivity contribution is 5.47. The zero-order valence-corrected chi connectivity index (χ0v) is 12.5. The van der Waals surface area contributed by atoms with E-state index in [1.54, 1.807) is 7.11 Å². The van der Waals surface area contributed by atoms with Crippen LogP contribution in [-0.4, -0.2) is 7.11 Å². The van der Waals surface area contributed by atoms with Crippen molar-refractivity contribution < 1.29 is 4.74 Å². The molecule has 0 aliphatic carbocycles. The predicted molar refractivity (Wildman–Crippen MR) is 84.0 cm³/mol. The molecule has 0 spiro atoms. The topological polar surface area (TPSA) is 35.2 Å². The maximum Gasteiger partial charge on any atom is 0.124 e. The molecular weight excluding hydrogens is 246 g/mol. The molecule has 106 valence electrons. The van der Waals surface area contributed by atoms with Crippen molar-refractivity contribution in [3.63, 3.8) is 0 Å². The number of nitrogens with two attached hydrogens (primary N) is 1. The normalized spacial score (nSPS) is 13.8. The lowest BCUT2D eigenvalue weighted by atomic mass is 9.79. The molecular formula is C18H23NO. The van der Waals surface area contributed by atoms with Gasteiger partial charge in [-0.2, -0.15) is 0 Å². The summed E-state index contributed by atoms with van der Waals surface area (Å²) >= 11 is 0. The molecule has 0 saturated heterocycles. The molecule has 0 aliphatic heterocycles. The number of ether oxygens (including phenoxy) is 1. The molecule has 20 heavy (non-hydrogen) atoms. The molecule has 0 amide bonds. The number of hydrogen-bond acceptors (Lipinski definition) is 2. The molecule has 0 saturated carbocycles. The Bertz CT molecular complexity index is 565. The van der Waals surface area contributed by atoms with E-state index in [2.05, 4.69) is 38.1 Å². The second kappa shape index (κ2) is 6.10. The van der Waals surface area contributed by atoms with Crippen LogP contribution in [0.3, 0.4) is 0 Å². The van der Waals surface area contributed by atoms with Gasteiger partial charge in [0.25, 0.3) is 0 Å². The Labute approximate surface area is 121 Å². The van der Waals surface area contributed by atoms with Crippen LogP contribution in [0.2, 0.25) is 0 Å². The fourth-order valence-corrected chi connectivity index (χ4v) is 2.73. The Balaban J connectivity index is 2.61. The van der Waals surface area contributed by atoms with Gasteiger partial charge in [-0.15, -0.1) is 0 Å². The number of benzene rings is 2. The first-order valence-electron chi connectivity index (χ1n) is 7.11. The molecule has 1 atom stereocenters. The van der Waals surface area contributed by atoms with Crippen LogP contribution in [0.4, 0.5) is 0 Å². The second-order valence-electron chi connectivity index (χ2n) is 5.29. The number of rotatable bonds is 5. The Hall–Kier alpha value is -1.80. The highest BCUT2D eigenvalue weighted by atomic mass is 16.5. The van der Waals surface area contributed by atoms with E-state index in [0.717, 1.165) is 29.7 Å². The molecule has 0 aliphatic rings. The molecule has 2 heteroatoms. The van der Waals surface area contributed by atoms with E-state index in [9.17, 15) is 0 Å². The van der Waals surface area contributed by atoms with Gasteiger partial charge < -0.3 is 10.5 Å². The van der Waals surface area contributed by atoms with E-state index < -0.39 is 5.54 Å². The van der Waals surface area contributed by atoms with E-state index in [1.807, 2.05) is 24.3 Å². The van der Waals surface area contributed by atoms with Crippen LogP contribution in [-0.2, 0) is 5.54 Å². The van der Waals surface area contributed by atoms with Crippen LogP contribution in [0.1, 0.15) is 36.5 Å². The minimum atomic E-state index is -0.507. The van der Waals surface area contributed by atoms with Gasteiger partial charge in [-0.25, -0.2) is 0 Å². The summed E-state index contributed by atoms with van der Waals surface area (Å²) in [5, 5.41) is 0. The van der Waals surface area contributed by atoms with Crippen molar-refractivity contribution in [2.75, 3.05) is 7.11 Å². The first kappa shape index (κ1) is 14.6. The van der Waals surface area contributed by atoms with Gasteiger partial charge >= 0.3 is 0 Å². The molecule has 0 radical (unpaired) electrons. The molecule has 2 nitrogen and oxygen atoms in total. The first-order valence-corrected chi connectivity index (χ1v) is 7.11. The Kier molecular flexibility index (Phi) is 4.46. The molecule has 2 rings (SSSR count). The van der Waals surface area contributed by atoms with E-state index >= 15 is 0 Å². The van der Waals surface area contributed by atoms with Crippen molar-refractivity contribution in [1.29, 1.82) is 0 Å². The summed E-state index contributed by atoms with van der Waals surface area (Å²) in [6.45, 7) is 4.24. The van der Waals surface area contributed by atoms with Crippen LogP contribution >= 0.6 is 0 Å². The lowest BCUT2D eigenvalue weighted by molar-refractivity contribution is 0.387. The quantitative estimate of drug-likeness (QED) is 0.890. The lowest BCUT2D eigenvalue weighted by Crippen LogP contribution is -2.38. The van der Waals surface area contributed by atoms with E-state index in [4.69, 9.17) is 10.5 Å². The van der Waals surface area contributed by atoms with Crippen molar-refractivity contribution in [3.05, 3.63) is 65.2 Å². The lowest BCUT2D eigenvalue weighted by Gasteiger charge is -2.32. The standard InChI is InChI=1S/C18H23NO/c1-4-12-18(19,15-8-6-5-7-9-15)16-13-14(2)10-11-17(16)20-3/h5-11,13H,4,12,19H2,1-3H3. The summed E-state index contributed by atoms with van der Waals surface area (Å²) in [7, 11) is 1.70. The average Bonchev–Trinajstić information content (AvgIpc) is 2.48. The van der Waals surface area contributed by atoms with Crippen molar-refractivity contribution in [2.24, 2.45) is 5.73 Å². The Morgan fingerprint density at radius 1 is 1.10 bits per heavy atom. The van der Waals surface area contributed by atoms with E-state index in [-0.39, 0.29) is 0 Å². The molecule has 2 aromatic rings. The van der Waals surface area contributed by atoms with Crippen LogP contribution in [0, 0.1) is 6.92 Å². The molecule has 0 bridgehead atoms. The monoisotopic (exact) mass is 269 g/mol. The third-order valence-corrected chi connectivity index (χ3v) is 3.77. The van der Waals surface area contributed by atoms with Gasteiger partial charge in [-0.1, -0.05) is 61.4 Å². The highest BCUT2D eigenvalue weighted by Crippen LogP contribution is 2.37. The Morgan fingerprint density at radius 2 is 1.80 bits per heavy atom. The van der Waals surface area contributed by atoms with Crippen LogP contribution < -0.4 is 10.5 Å². The largest absolute Gasteiger partial charge is 0.496 e. The summed E-state index contributed by atoms with van der Waals surface area (Å²) < 4.78 is 5.53. The molecule has 0 fully saturated rings. The summed E-state index contributed by atoms with van der Waals surface area (Å²) in [4.78, 5) is 0. The average molecular weight is 269 g/mol. The van der Waals surface area contributed by atoms with Gasteiger partial charge in [-0.3, -0.25) is 0 Å². The summed E-state index contributed by atoms with van der Waals surface area (Å²) in [6.07, 6.45) is 1.90. The molecule has 0 aromatic heterocycles. The first-order chi connectivity index (χ1) is 9.61. The Morgan fingerprint density at radius 3 is 2.40 bits per heavy atom. The summed E-state index contributed by atoms with van der Waals surface area (Å²) in [5.74, 6) is 0.857. The van der Waals surface area contributed by atoms with Crippen LogP contribution in [0.25, 0.3) is 0 Å². The zero-order chi connectivity index (χ0) is 14.6. The SMILES string of the molecule is CCCC(N)(c1ccccc1)c1cc(C)ccc1OC. The van der Waals surface area contributed by atoms with Gasteiger partial charge in [0.2, 0.25) is 0 Å². The van der Waals surface area contributed by atoms with Gasteiger partial charge in [0.1, 0.15) is 5.75 Å². The van der Waals surface area contributed by atoms with Gasteiger partial charge in [-0.05, 0) is 25.0 Å². The van der Waals surface area contributed by atoms with E-state index in [1.165, 1.54) is 5.56 Å². The number of hydrogen-bond donors (Lipinski definition) is 1. The summed E-state index contributed by atoms with van der Waals surface area (Å²) in [5.41, 5.74) is 9.70. The fraction of sp³-hybridized carbons (Fsp3) is 0.333. The zero-order valence-electron chi connectivity index (χ0n) is 12.5. The van der Waals surface area contributed by atoms with Gasteiger partial charge in [0.05, 0.1) is 12.6 Å². The van der Waals surface area contributed by atoms with Crippen LogP contribution in [0.15, 0.2) is 48.5 Å². The van der Waals surface area contributed by atoms with Gasteiger partial charge in [0.15, 0.2) is 0 Å². The van der Waals surface area contributed by atoms with Crippen molar-refractivity contribution >= 4 is 0 Å². The third kappa shape index (κ3) is 2.70.